The van der Waals surface area contributed by atoms with Crippen LogP contribution in [0.25, 0.3) is 0 Å². The molecule has 1 aliphatic rings. The van der Waals surface area contributed by atoms with Gasteiger partial charge in [-0.1, -0.05) is 13.3 Å². The van der Waals surface area contributed by atoms with Crippen molar-refractivity contribution in [3.63, 3.8) is 0 Å². The van der Waals surface area contributed by atoms with E-state index in [1.807, 2.05) is 6.92 Å². The maximum Gasteiger partial charge on any atom is 0.234 e. The second-order valence-corrected chi connectivity index (χ2v) is 4.07. The monoisotopic (exact) mass is 249 g/mol. The lowest BCUT2D eigenvalue weighted by atomic mass is 10.1. The molecule has 1 unspecified atom stereocenters. The second-order valence-electron chi connectivity index (χ2n) is 4.07. The molecule has 1 rings (SSSR count). The summed E-state index contributed by atoms with van der Waals surface area (Å²) in [5.41, 5.74) is 0. The Morgan fingerprint density at radius 1 is 1.50 bits per heavy atom. The lowest BCUT2D eigenvalue weighted by Gasteiger charge is -2.35. The molecule has 1 fully saturated rings. The summed E-state index contributed by atoms with van der Waals surface area (Å²) in [5.74, 6) is 0.153. The first-order valence-electron chi connectivity index (χ1n) is 5.99. The smallest absolute Gasteiger partial charge is 0.234 e. The third-order valence-corrected chi connectivity index (χ3v) is 2.81. The first kappa shape index (κ1) is 15.7. The molecule has 96 valence electrons. The van der Waals surface area contributed by atoms with Crippen molar-refractivity contribution in [3.8, 4) is 0 Å². The summed E-state index contributed by atoms with van der Waals surface area (Å²) in [5, 5.41) is 6.24. The summed E-state index contributed by atoms with van der Waals surface area (Å²) < 4.78 is 0. The Bertz CT molecular complexity index is 200. The van der Waals surface area contributed by atoms with E-state index in [9.17, 15) is 4.79 Å². The summed E-state index contributed by atoms with van der Waals surface area (Å²) in [6, 6.07) is 0.534. The van der Waals surface area contributed by atoms with E-state index in [-0.39, 0.29) is 18.3 Å². The standard InChI is InChI=1S/C11H23N3O.ClH/c1-3-5-10-8-12-6-7-14(10)9-11(15)13-4-2;/h10,12H,3-9H2,1-2H3,(H,13,15);1H. The van der Waals surface area contributed by atoms with E-state index in [2.05, 4.69) is 22.5 Å². The third-order valence-electron chi connectivity index (χ3n) is 2.81. The number of nitrogens with zero attached hydrogens (tertiary/aromatic N) is 1. The van der Waals surface area contributed by atoms with Crippen molar-refractivity contribution >= 4 is 18.3 Å². The van der Waals surface area contributed by atoms with Crippen molar-refractivity contribution in [2.45, 2.75) is 32.7 Å². The molecule has 1 aliphatic heterocycles. The van der Waals surface area contributed by atoms with Gasteiger partial charge in [-0.3, -0.25) is 9.69 Å². The number of likely N-dealkylation sites (N-methyl/N-ethyl adjacent to an activating group) is 1. The quantitative estimate of drug-likeness (QED) is 0.751. The second kappa shape index (κ2) is 8.79. The molecular formula is C11H24ClN3O. The predicted molar refractivity (Wildman–Crippen MR) is 69.1 cm³/mol. The molecule has 1 amide bonds. The van der Waals surface area contributed by atoms with Crippen LogP contribution in [0.3, 0.4) is 0 Å². The maximum absolute atomic E-state index is 11.5. The van der Waals surface area contributed by atoms with E-state index in [1.54, 1.807) is 0 Å². The summed E-state index contributed by atoms with van der Waals surface area (Å²) >= 11 is 0. The van der Waals surface area contributed by atoms with E-state index >= 15 is 0 Å². The van der Waals surface area contributed by atoms with Gasteiger partial charge in [0.1, 0.15) is 0 Å². The summed E-state index contributed by atoms with van der Waals surface area (Å²) in [6.07, 6.45) is 2.35. The Kier molecular flexibility index (Phi) is 8.61. The number of carbonyl (C=O) groups is 1. The zero-order chi connectivity index (χ0) is 11.1. The molecular weight excluding hydrogens is 226 g/mol. The minimum Gasteiger partial charge on any atom is -0.355 e. The van der Waals surface area contributed by atoms with Gasteiger partial charge in [0.05, 0.1) is 6.54 Å². The van der Waals surface area contributed by atoms with Crippen LogP contribution in [-0.4, -0.2) is 49.6 Å². The van der Waals surface area contributed by atoms with Crippen LogP contribution in [0.15, 0.2) is 0 Å². The number of hydrogen-bond acceptors (Lipinski definition) is 3. The molecule has 0 bridgehead atoms. The topological polar surface area (TPSA) is 44.4 Å². The fourth-order valence-electron chi connectivity index (χ4n) is 2.07. The van der Waals surface area contributed by atoms with Gasteiger partial charge >= 0.3 is 0 Å². The third kappa shape index (κ3) is 5.14. The molecule has 0 radical (unpaired) electrons. The van der Waals surface area contributed by atoms with Crippen molar-refractivity contribution in [3.05, 3.63) is 0 Å². The van der Waals surface area contributed by atoms with Crippen LogP contribution in [-0.2, 0) is 4.79 Å². The summed E-state index contributed by atoms with van der Waals surface area (Å²) in [4.78, 5) is 13.8. The van der Waals surface area contributed by atoms with Crippen molar-refractivity contribution in [2.24, 2.45) is 0 Å². The average molecular weight is 250 g/mol. The van der Waals surface area contributed by atoms with Crippen molar-refractivity contribution in [1.82, 2.24) is 15.5 Å². The molecule has 5 heteroatoms. The molecule has 0 aliphatic carbocycles. The molecule has 1 heterocycles. The highest BCUT2D eigenvalue weighted by Gasteiger charge is 2.22. The van der Waals surface area contributed by atoms with Gasteiger partial charge in [0.2, 0.25) is 5.91 Å². The summed E-state index contributed by atoms with van der Waals surface area (Å²) in [7, 11) is 0. The van der Waals surface area contributed by atoms with Gasteiger partial charge in [0.15, 0.2) is 0 Å². The minimum absolute atomic E-state index is 0. The largest absolute Gasteiger partial charge is 0.355 e. The van der Waals surface area contributed by atoms with Gasteiger partial charge < -0.3 is 10.6 Å². The molecule has 4 nitrogen and oxygen atoms in total. The zero-order valence-corrected chi connectivity index (χ0v) is 11.1. The summed E-state index contributed by atoms with van der Waals surface area (Å²) in [6.45, 7) is 8.44. The minimum atomic E-state index is 0. The molecule has 0 saturated carbocycles. The number of piperazine rings is 1. The first-order valence-corrected chi connectivity index (χ1v) is 5.99. The van der Waals surface area contributed by atoms with Gasteiger partial charge in [0.25, 0.3) is 0 Å². The number of nitrogens with one attached hydrogen (secondary N) is 2. The van der Waals surface area contributed by atoms with E-state index < -0.39 is 0 Å². The normalized spacial score (nSPS) is 21.2. The highest BCUT2D eigenvalue weighted by atomic mass is 35.5. The van der Waals surface area contributed by atoms with Crippen LogP contribution in [0, 0.1) is 0 Å². The number of rotatable bonds is 5. The lowest BCUT2D eigenvalue weighted by molar-refractivity contribution is -0.122. The van der Waals surface area contributed by atoms with Crippen LogP contribution in [0.2, 0.25) is 0 Å². The van der Waals surface area contributed by atoms with E-state index in [0.29, 0.717) is 12.6 Å². The Morgan fingerprint density at radius 3 is 2.88 bits per heavy atom. The number of halogens is 1. The maximum atomic E-state index is 11.5. The van der Waals surface area contributed by atoms with Crippen LogP contribution >= 0.6 is 12.4 Å². The van der Waals surface area contributed by atoms with Crippen molar-refractivity contribution in [2.75, 3.05) is 32.7 Å². The number of hydrogen-bond donors (Lipinski definition) is 2. The number of amides is 1. The lowest BCUT2D eigenvalue weighted by Crippen LogP contribution is -2.53. The predicted octanol–water partition coefficient (Wildman–Crippen LogP) is 0.618. The van der Waals surface area contributed by atoms with Crippen LogP contribution in [0.5, 0.6) is 0 Å². The van der Waals surface area contributed by atoms with Gasteiger partial charge in [-0.2, -0.15) is 0 Å². The van der Waals surface area contributed by atoms with E-state index in [1.165, 1.54) is 12.8 Å². The Labute approximate surface area is 105 Å². The van der Waals surface area contributed by atoms with Crippen LogP contribution in [0.4, 0.5) is 0 Å². The van der Waals surface area contributed by atoms with Gasteiger partial charge in [-0.05, 0) is 13.3 Å². The van der Waals surface area contributed by atoms with Gasteiger partial charge in [-0.25, -0.2) is 0 Å². The first-order chi connectivity index (χ1) is 7.27. The van der Waals surface area contributed by atoms with E-state index in [0.717, 1.165) is 26.2 Å². The fourth-order valence-corrected chi connectivity index (χ4v) is 2.07. The molecule has 0 aromatic rings. The molecule has 1 saturated heterocycles. The molecule has 0 aromatic heterocycles. The van der Waals surface area contributed by atoms with Gasteiger partial charge in [0, 0.05) is 32.2 Å². The SMILES string of the molecule is CCCC1CNCCN1CC(=O)NCC.Cl. The molecule has 1 atom stereocenters. The Hall–Kier alpha value is -0.320. The van der Waals surface area contributed by atoms with Crippen LogP contribution < -0.4 is 10.6 Å². The van der Waals surface area contributed by atoms with Crippen molar-refractivity contribution in [1.29, 1.82) is 0 Å². The average Bonchev–Trinajstić information content (AvgIpc) is 2.21. The molecule has 2 N–H and O–H groups in total. The highest BCUT2D eigenvalue weighted by molar-refractivity contribution is 5.85. The van der Waals surface area contributed by atoms with E-state index in [4.69, 9.17) is 0 Å². The highest BCUT2D eigenvalue weighted by Crippen LogP contribution is 2.08. The fraction of sp³-hybridized carbons (Fsp3) is 0.909. The van der Waals surface area contributed by atoms with Crippen molar-refractivity contribution < 1.29 is 4.79 Å². The molecule has 0 aromatic carbocycles. The zero-order valence-electron chi connectivity index (χ0n) is 10.3. The Balaban J connectivity index is 0.00000225. The number of carbonyl (C=O) groups excluding carboxylic acids is 1. The Morgan fingerprint density at radius 2 is 2.25 bits per heavy atom. The molecule has 16 heavy (non-hydrogen) atoms. The van der Waals surface area contributed by atoms with Gasteiger partial charge in [-0.15, -0.1) is 12.4 Å². The molecule has 0 spiro atoms. The van der Waals surface area contributed by atoms with Crippen LogP contribution in [0.1, 0.15) is 26.7 Å².